The summed E-state index contributed by atoms with van der Waals surface area (Å²) in [5.74, 6) is -0.965. The quantitative estimate of drug-likeness (QED) is 0.491. The second kappa shape index (κ2) is 7.78. The van der Waals surface area contributed by atoms with Gasteiger partial charge in [-0.2, -0.15) is 18.4 Å². The fraction of sp³-hybridized carbons (Fsp3) is 0.304. The third-order valence-electron chi connectivity index (χ3n) is 5.70. The number of allylic oxidation sites excluding steroid dienone is 3. The highest BCUT2D eigenvalue weighted by Gasteiger charge is 2.46. The molecule has 1 aromatic carbocycles. The normalized spacial score (nSPS) is 21.0. The lowest BCUT2D eigenvalue weighted by atomic mass is 9.69. The number of anilines is 1. The standard InChI is InChI=1S/C23H19BrF3N3OS/c1-22(2)8-16-20(17(31)9-22)19(18-7-12(24)11-32-18)13(10-28)21(29)30(16)15-6-4-3-5-14(15)23(25,26)27/h3-7,11,19H,8-9,29H2,1-2H3. The van der Waals surface area contributed by atoms with Crippen LogP contribution in [0.25, 0.3) is 0 Å². The summed E-state index contributed by atoms with van der Waals surface area (Å²) in [5, 5.41) is 11.8. The van der Waals surface area contributed by atoms with Gasteiger partial charge >= 0.3 is 6.18 Å². The van der Waals surface area contributed by atoms with Gasteiger partial charge in [-0.25, -0.2) is 0 Å². The molecule has 0 spiro atoms. The van der Waals surface area contributed by atoms with E-state index in [1.807, 2.05) is 25.3 Å². The van der Waals surface area contributed by atoms with Gasteiger partial charge in [-0.1, -0.05) is 26.0 Å². The Bertz CT molecular complexity index is 1220. The van der Waals surface area contributed by atoms with Crippen LogP contribution in [0.15, 0.2) is 62.8 Å². The molecular weight excluding hydrogens is 503 g/mol. The highest BCUT2D eigenvalue weighted by atomic mass is 79.9. The smallest absolute Gasteiger partial charge is 0.384 e. The number of hydrogen-bond acceptors (Lipinski definition) is 5. The van der Waals surface area contributed by atoms with Gasteiger partial charge in [0, 0.05) is 32.4 Å². The molecule has 0 fully saturated rings. The van der Waals surface area contributed by atoms with Crippen molar-refractivity contribution in [2.45, 2.75) is 38.8 Å². The van der Waals surface area contributed by atoms with Gasteiger partial charge in [-0.15, -0.1) is 11.3 Å². The fourth-order valence-corrected chi connectivity index (χ4v) is 6.02. The molecular formula is C23H19BrF3N3OS. The Morgan fingerprint density at radius 3 is 2.56 bits per heavy atom. The average molecular weight is 522 g/mol. The molecule has 32 heavy (non-hydrogen) atoms. The van der Waals surface area contributed by atoms with Crippen molar-refractivity contribution < 1.29 is 18.0 Å². The van der Waals surface area contributed by atoms with Gasteiger partial charge in [0.15, 0.2) is 5.78 Å². The number of halogens is 4. The first kappa shape index (κ1) is 22.6. The van der Waals surface area contributed by atoms with Crippen molar-refractivity contribution in [3.8, 4) is 6.07 Å². The molecule has 0 bridgehead atoms. The van der Waals surface area contributed by atoms with Gasteiger partial charge in [0.2, 0.25) is 0 Å². The van der Waals surface area contributed by atoms with Crippen LogP contribution in [0.1, 0.15) is 43.0 Å². The van der Waals surface area contributed by atoms with Gasteiger partial charge in [0.05, 0.1) is 28.8 Å². The monoisotopic (exact) mass is 521 g/mol. The zero-order chi connectivity index (χ0) is 23.4. The Morgan fingerprint density at radius 1 is 1.28 bits per heavy atom. The van der Waals surface area contributed by atoms with Crippen LogP contribution in [0.5, 0.6) is 0 Å². The minimum absolute atomic E-state index is 0.0723. The van der Waals surface area contributed by atoms with Gasteiger partial charge in [-0.05, 0) is 46.0 Å². The van der Waals surface area contributed by atoms with E-state index in [0.29, 0.717) is 17.7 Å². The van der Waals surface area contributed by atoms with Gasteiger partial charge < -0.3 is 5.73 Å². The lowest BCUT2D eigenvalue weighted by Gasteiger charge is -2.44. The summed E-state index contributed by atoms with van der Waals surface area (Å²) >= 11 is 4.77. The molecule has 9 heteroatoms. The van der Waals surface area contributed by atoms with E-state index in [0.717, 1.165) is 15.4 Å². The van der Waals surface area contributed by atoms with E-state index in [4.69, 9.17) is 5.73 Å². The molecule has 0 saturated carbocycles. The van der Waals surface area contributed by atoms with Crippen molar-refractivity contribution in [1.82, 2.24) is 0 Å². The molecule has 1 aliphatic heterocycles. The first-order valence-electron chi connectivity index (χ1n) is 9.81. The number of hydrogen-bond donors (Lipinski definition) is 1. The van der Waals surface area contributed by atoms with Crippen LogP contribution in [0.4, 0.5) is 18.9 Å². The van der Waals surface area contributed by atoms with E-state index in [9.17, 15) is 23.2 Å². The number of nitrogens with two attached hydrogens (primary N) is 1. The van der Waals surface area contributed by atoms with Crippen LogP contribution < -0.4 is 10.6 Å². The molecule has 0 saturated heterocycles. The van der Waals surface area contributed by atoms with E-state index >= 15 is 0 Å². The molecule has 1 aliphatic carbocycles. The fourth-order valence-electron chi connectivity index (χ4n) is 4.46. The Balaban J connectivity index is 2.04. The number of nitriles is 1. The van der Waals surface area contributed by atoms with Crippen LogP contribution >= 0.6 is 27.3 Å². The largest absolute Gasteiger partial charge is 0.418 e. The number of benzene rings is 1. The molecule has 1 aromatic heterocycles. The van der Waals surface area contributed by atoms with Gasteiger partial charge in [0.25, 0.3) is 0 Å². The summed E-state index contributed by atoms with van der Waals surface area (Å²) in [6.45, 7) is 3.80. The predicted molar refractivity (Wildman–Crippen MR) is 121 cm³/mol. The minimum Gasteiger partial charge on any atom is -0.384 e. The summed E-state index contributed by atoms with van der Waals surface area (Å²) in [6.07, 6.45) is -4.04. The number of rotatable bonds is 2. The molecule has 2 N–H and O–H groups in total. The third-order valence-corrected chi connectivity index (χ3v) is 7.46. The number of Topliss-reactive ketones (excluding diaryl/α,β-unsaturated/α-hetero) is 1. The first-order valence-corrected chi connectivity index (χ1v) is 11.5. The van der Waals surface area contributed by atoms with E-state index in [1.54, 1.807) is 0 Å². The van der Waals surface area contributed by atoms with Crippen molar-refractivity contribution >= 4 is 38.7 Å². The van der Waals surface area contributed by atoms with Gasteiger partial charge in [-0.3, -0.25) is 9.69 Å². The Kier molecular flexibility index (Phi) is 5.50. The van der Waals surface area contributed by atoms with Crippen LogP contribution in [-0.2, 0) is 11.0 Å². The maximum absolute atomic E-state index is 13.9. The maximum atomic E-state index is 13.9. The predicted octanol–water partition coefficient (Wildman–Crippen LogP) is 6.47. The lowest BCUT2D eigenvalue weighted by Crippen LogP contribution is -2.42. The number of carbonyl (C=O) groups is 1. The number of carbonyl (C=O) groups excluding carboxylic acids is 1. The van der Waals surface area contributed by atoms with Crippen molar-refractivity contribution in [2.24, 2.45) is 11.1 Å². The van der Waals surface area contributed by atoms with Crippen molar-refractivity contribution in [2.75, 3.05) is 4.90 Å². The Morgan fingerprint density at radius 2 is 1.97 bits per heavy atom. The van der Waals surface area contributed by atoms with Crippen LogP contribution in [0, 0.1) is 16.7 Å². The minimum atomic E-state index is -4.63. The highest BCUT2D eigenvalue weighted by Crippen LogP contribution is 2.52. The number of alkyl halides is 3. The summed E-state index contributed by atoms with van der Waals surface area (Å²) < 4.78 is 42.4. The molecule has 2 heterocycles. The molecule has 166 valence electrons. The van der Waals surface area contributed by atoms with E-state index in [-0.39, 0.29) is 29.3 Å². The van der Waals surface area contributed by atoms with Crippen molar-refractivity contribution in [1.29, 1.82) is 5.26 Å². The number of ketones is 1. The topological polar surface area (TPSA) is 70.1 Å². The van der Waals surface area contributed by atoms with E-state index in [2.05, 4.69) is 22.0 Å². The first-order chi connectivity index (χ1) is 14.9. The van der Waals surface area contributed by atoms with Crippen LogP contribution in [0.3, 0.4) is 0 Å². The number of thiophene rings is 1. The summed E-state index contributed by atoms with van der Waals surface area (Å²) in [5.41, 5.74) is 5.74. The van der Waals surface area contributed by atoms with E-state index in [1.165, 1.54) is 34.4 Å². The van der Waals surface area contributed by atoms with Crippen molar-refractivity contribution in [3.05, 3.63) is 73.3 Å². The van der Waals surface area contributed by atoms with Crippen LogP contribution in [0.2, 0.25) is 0 Å². The molecule has 0 radical (unpaired) electrons. The molecule has 1 atom stereocenters. The molecule has 0 amide bonds. The molecule has 2 aromatic rings. The number of para-hydroxylation sites is 1. The summed E-state index contributed by atoms with van der Waals surface area (Å²) in [4.78, 5) is 15.4. The molecule has 4 rings (SSSR count). The second-order valence-corrected chi connectivity index (χ2v) is 10.5. The van der Waals surface area contributed by atoms with E-state index < -0.39 is 23.1 Å². The zero-order valence-corrected chi connectivity index (χ0v) is 19.7. The van der Waals surface area contributed by atoms with Crippen LogP contribution in [-0.4, -0.2) is 5.78 Å². The Hall–Kier alpha value is -2.57. The third kappa shape index (κ3) is 3.76. The molecule has 4 nitrogen and oxygen atoms in total. The number of nitrogens with zero attached hydrogens (tertiary/aromatic N) is 2. The maximum Gasteiger partial charge on any atom is 0.418 e. The second-order valence-electron chi connectivity index (χ2n) is 8.66. The lowest BCUT2D eigenvalue weighted by molar-refractivity contribution is -0.137. The summed E-state index contributed by atoms with van der Waals surface area (Å²) in [7, 11) is 0. The average Bonchev–Trinajstić information content (AvgIpc) is 3.11. The zero-order valence-electron chi connectivity index (χ0n) is 17.3. The Labute approximate surface area is 196 Å². The molecule has 1 unspecified atom stereocenters. The molecule has 2 aliphatic rings. The summed E-state index contributed by atoms with van der Waals surface area (Å²) in [6, 6.07) is 8.99. The SMILES string of the molecule is CC1(C)CC(=O)C2=C(C1)N(c1ccccc1C(F)(F)F)C(N)=C(C#N)C2c1cc(Br)cs1. The van der Waals surface area contributed by atoms with Gasteiger partial charge in [0.1, 0.15) is 5.82 Å². The van der Waals surface area contributed by atoms with Crippen molar-refractivity contribution in [3.63, 3.8) is 0 Å². The highest BCUT2D eigenvalue weighted by molar-refractivity contribution is 9.10.